The van der Waals surface area contributed by atoms with Crippen LogP contribution in [0.1, 0.15) is 13.3 Å². The first-order chi connectivity index (χ1) is 11.4. The summed E-state index contributed by atoms with van der Waals surface area (Å²) in [5.74, 6) is -1.55. The van der Waals surface area contributed by atoms with Crippen molar-refractivity contribution in [2.75, 3.05) is 26.2 Å². The molecule has 1 saturated heterocycles. The molecule has 0 spiro atoms. The lowest BCUT2D eigenvalue weighted by molar-refractivity contribution is -0.146. The van der Waals surface area contributed by atoms with Crippen molar-refractivity contribution in [3.05, 3.63) is 30.1 Å². The highest BCUT2D eigenvalue weighted by molar-refractivity contribution is 5.87. The van der Waals surface area contributed by atoms with Crippen LogP contribution < -0.4 is 10.5 Å². The Balaban J connectivity index is 1.88. The van der Waals surface area contributed by atoms with Crippen LogP contribution in [0.5, 0.6) is 5.75 Å². The molecule has 0 aromatic heterocycles. The number of halogens is 1. The van der Waals surface area contributed by atoms with Crippen LogP contribution in [0, 0.1) is 5.82 Å². The molecule has 1 aliphatic heterocycles. The van der Waals surface area contributed by atoms with Crippen molar-refractivity contribution in [3.8, 4) is 5.75 Å². The second-order valence-electron chi connectivity index (χ2n) is 5.50. The van der Waals surface area contributed by atoms with Crippen molar-refractivity contribution >= 4 is 17.7 Å². The lowest BCUT2D eigenvalue weighted by atomic mass is 10.1. The summed E-state index contributed by atoms with van der Waals surface area (Å²) in [6.45, 7) is 2.02. The highest BCUT2D eigenvalue weighted by Gasteiger charge is 2.34. The molecular formula is C16H20FN3O4. The van der Waals surface area contributed by atoms with Gasteiger partial charge in [-0.05, 0) is 12.1 Å². The van der Waals surface area contributed by atoms with Crippen LogP contribution in [0.15, 0.2) is 24.3 Å². The van der Waals surface area contributed by atoms with Crippen LogP contribution in [0.25, 0.3) is 0 Å². The van der Waals surface area contributed by atoms with Gasteiger partial charge in [-0.25, -0.2) is 4.39 Å². The summed E-state index contributed by atoms with van der Waals surface area (Å²) in [5.41, 5.74) is 5.31. The number of benzene rings is 1. The first-order valence-electron chi connectivity index (χ1n) is 7.61. The summed E-state index contributed by atoms with van der Waals surface area (Å²) >= 11 is 0. The Bertz CT molecular complexity index is 638. The van der Waals surface area contributed by atoms with Gasteiger partial charge in [0.1, 0.15) is 6.04 Å². The zero-order valence-corrected chi connectivity index (χ0v) is 13.4. The second kappa shape index (κ2) is 7.76. The van der Waals surface area contributed by atoms with E-state index in [0.717, 1.165) is 0 Å². The monoisotopic (exact) mass is 337 g/mol. The van der Waals surface area contributed by atoms with E-state index in [4.69, 9.17) is 10.5 Å². The standard InChI is InChI=1S/C16H20FN3O4/c1-11(21)20-8-7-19(10-13(20)16(18)23)15(22)6-9-24-14-5-3-2-4-12(14)17/h2-5,13H,6-10H2,1H3,(H2,18,23). The molecule has 1 aromatic rings. The Morgan fingerprint density at radius 3 is 2.62 bits per heavy atom. The maximum absolute atomic E-state index is 13.4. The smallest absolute Gasteiger partial charge is 0.242 e. The number of amides is 3. The molecule has 2 N–H and O–H groups in total. The summed E-state index contributed by atoms with van der Waals surface area (Å²) in [4.78, 5) is 38.1. The van der Waals surface area contributed by atoms with E-state index < -0.39 is 17.8 Å². The third kappa shape index (κ3) is 4.21. The van der Waals surface area contributed by atoms with Crippen molar-refractivity contribution < 1.29 is 23.5 Å². The number of primary amides is 1. The molecule has 7 nitrogen and oxygen atoms in total. The van der Waals surface area contributed by atoms with E-state index in [1.807, 2.05) is 0 Å². The summed E-state index contributed by atoms with van der Waals surface area (Å²) in [6.07, 6.45) is 0.0416. The maximum atomic E-state index is 13.4. The predicted molar refractivity (Wildman–Crippen MR) is 83.5 cm³/mol. The summed E-state index contributed by atoms with van der Waals surface area (Å²) in [5, 5.41) is 0. The Morgan fingerprint density at radius 1 is 1.29 bits per heavy atom. The average Bonchev–Trinajstić information content (AvgIpc) is 2.55. The quantitative estimate of drug-likeness (QED) is 0.827. The van der Waals surface area contributed by atoms with E-state index in [-0.39, 0.29) is 43.7 Å². The van der Waals surface area contributed by atoms with E-state index in [0.29, 0.717) is 6.54 Å². The van der Waals surface area contributed by atoms with Crippen LogP contribution in [0.4, 0.5) is 4.39 Å². The topological polar surface area (TPSA) is 92.9 Å². The Labute approximate surface area is 139 Å². The molecule has 0 bridgehead atoms. The third-order valence-corrected chi connectivity index (χ3v) is 3.88. The van der Waals surface area contributed by atoms with Crippen LogP contribution in [0.3, 0.4) is 0 Å². The lowest BCUT2D eigenvalue weighted by Gasteiger charge is -2.39. The minimum absolute atomic E-state index is 0.0218. The minimum atomic E-state index is -0.826. The Hall–Kier alpha value is -2.64. The molecule has 0 aliphatic carbocycles. The molecule has 2 rings (SSSR count). The van der Waals surface area contributed by atoms with Crippen LogP contribution in [-0.4, -0.2) is 59.8 Å². The fourth-order valence-electron chi connectivity index (χ4n) is 2.60. The normalized spacial score (nSPS) is 17.5. The van der Waals surface area contributed by atoms with E-state index in [1.54, 1.807) is 12.1 Å². The first-order valence-corrected chi connectivity index (χ1v) is 7.61. The molecule has 1 atom stereocenters. The largest absolute Gasteiger partial charge is 0.490 e. The van der Waals surface area contributed by atoms with Gasteiger partial charge in [0.25, 0.3) is 0 Å². The summed E-state index contributed by atoms with van der Waals surface area (Å²) in [6, 6.07) is 5.11. The van der Waals surface area contributed by atoms with Gasteiger partial charge in [-0.15, -0.1) is 0 Å². The van der Waals surface area contributed by atoms with E-state index in [9.17, 15) is 18.8 Å². The van der Waals surface area contributed by atoms with Gasteiger partial charge in [-0.1, -0.05) is 12.1 Å². The number of ether oxygens (including phenoxy) is 1. The van der Waals surface area contributed by atoms with Gasteiger partial charge in [0.2, 0.25) is 17.7 Å². The van der Waals surface area contributed by atoms with E-state index in [2.05, 4.69) is 0 Å². The highest BCUT2D eigenvalue weighted by Crippen LogP contribution is 2.16. The molecular weight excluding hydrogens is 317 g/mol. The molecule has 1 aromatic carbocycles. The third-order valence-electron chi connectivity index (χ3n) is 3.88. The van der Waals surface area contributed by atoms with Gasteiger partial charge in [0, 0.05) is 20.0 Å². The van der Waals surface area contributed by atoms with Crippen molar-refractivity contribution in [3.63, 3.8) is 0 Å². The molecule has 8 heteroatoms. The first kappa shape index (κ1) is 17.7. The SMILES string of the molecule is CC(=O)N1CCN(C(=O)CCOc2ccccc2F)CC1C(N)=O. The molecule has 3 amide bonds. The number of carbonyl (C=O) groups is 3. The number of hydrogen-bond donors (Lipinski definition) is 1. The van der Waals surface area contributed by atoms with Crippen LogP contribution >= 0.6 is 0 Å². The number of nitrogens with two attached hydrogens (primary N) is 1. The lowest BCUT2D eigenvalue weighted by Crippen LogP contribution is -2.60. The van der Waals surface area contributed by atoms with Crippen molar-refractivity contribution in [1.82, 2.24) is 9.80 Å². The predicted octanol–water partition coefficient (Wildman–Crippen LogP) is 0.139. The number of nitrogens with zero attached hydrogens (tertiary/aromatic N) is 2. The number of para-hydroxylation sites is 1. The molecule has 1 fully saturated rings. The van der Waals surface area contributed by atoms with Gasteiger partial charge in [-0.2, -0.15) is 0 Å². The molecule has 24 heavy (non-hydrogen) atoms. The molecule has 1 aliphatic rings. The number of hydrogen-bond acceptors (Lipinski definition) is 4. The van der Waals surface area contributed by atoms with E-state index in [1.165, 1.54) is 28.9 Å². The second-order valence-corrected chi connectivity index (χ2v) is 5.50. The van der Waals surface area contributed by atoms with Gasteiger partial charge >= 0.3 is 0 Å². The maximum Gasteiger partial charge on any atom is 0.242 e. The molecule has 1 unspecified atom stereocenters. The Kier molecular flexibility index (Phi) is 5.73. The number of piperazine rings is 1. The van der Waals surface area contributed by atoms with Gasteiger partial charge in [0.15, 0.2) is 11.6 Å². The van der Waals surface area contributed by atoms with E-state index >= 15 is 0 Å². The van der Waals surface area contributed by atoms with Crippen LogP contribution in [0.2, 0.25) is 0 Å². The number of rotatable bonds is 5. The average molecular weight is 337 g/mol. The van der Waals surface area contributed by atoms with Crippen LogP contribution in [-0.2, 0) is 14.4 Å². The molecule has 0 saturated carbocycles. The number of carbonyl (C=O) groups excluding carboxylic acids is 3. The fraction of sp³-hybridized carbons (Fsp3) is 0.438. The highest BCUT2D eigenvalue weighted by atomic mass is 19.1. The Morgan fingerprint density at radius 2 is 2.00 bits per heavy atom. The van der Waals surface area contributed by atoms with Gasteiger partial charge < -0.3 is 20.3 Å². The summed E-state index contributed by atoms with van der Waals surface area (Å²) in [7, 11) is 0. The van der Waals surface area contributed by atoms with Crippen molar-refractivity contribution in [2.45, 2.75) is 19.4 Å². The fourth-order valence-corrected chi connectivity index (χ4v) is 2.60. The molecule has 1 heterocycles. The van der Waals surface area contributed by atoms with Gasteiger partial charge in [-0.3, -0.25) is 14.4 Å². The molecule has 0 radical (unpaired) electrons. The minimum Gasteiger partial charge on any atom is -0.490 e. The zero-order chi connectivity index (χ0) is 17.7. The zero-order valence-electron chi connectivity index (χ0n) is 13.4. The summed E-state index contributed by atoms with van der Waals surface area (Å²) < 4.78 is 18.7. The molecule has 130 valence electrons. The van der Waals surface area contributed by atoms with Crippen molar-refractivity contribution in [2.24, 2.45) is 5.73 Å². The van der Waals surface area contributed by atoms with Crippen molar-refractivity contribution in [1.29, 1.82) is 0 Å². The van der Waals surface area contributed by atoms with Gasteiger partial charge in [0.05, 0.1) is 19.6 Å².